The first-order valence-electron chi connectivity index (χ1n) is 12.5. The number of rotatable bonds is 21. The molecule has 0 rings (SSSR count). The molecule has 0 saturated carbocycles. The zero-order valence-electron chi connectivity index (χ0n) is 20.3. The van der Waals surface area contributed by atoms with E-state index in [0.29, 0.717) is 25.2 Å². The Hall–Kier alpha value is -1.19. The van der Waals surface area contributed by atoms with Gasteiger partial charge >= 0.3 is 5.97 Å². The molecule has 0 aliphatic rings. The molecule has 0 aliphatic carbocycles. The summed E-state index contributed by atoms with van der Waals surface area (Å²) in [5.41, 5.74) is 0. The second kappa shape index (κ2) is 19.8. The number of carbonyl (C=O) groups excluding carboxylic acids is 3. The van der Waals surface area contributed by atoms with E-state index in [4.69, 9.17) is 4.74 Å². The summed E-state index contributed by atoms with van der Waals surface area (Å²) in [6, 6.07) is 0. The molecule has 0 aromatic carbocycles. The number of Topliss-reactive ketones (excluding diaryl/α,β-unsaturated/α-hetero) is 2. The van der Waals surface area contributed by atoms with E-state index in [1.54, 1.807) is 0 Å². The van der Waals surface area contributed by atoms with E-state index in [1.165, 1.54) is 64.9 Å². The average molecular weight is 425 g/mol. The molecule has 0 radical (unpaired) electrons. The van der Waals surface area contributed by atoms with Crippen LogP contribution in [0.15, 0.2) is 0 Å². The van der Waals surface area contributed by atoms with Crippen molar-refractivity contribution < 1.29 is 19.1 Å². The van der Waals surface area contributed by atoms with Crippen molar-refractivity contribution in [1.29, 1.82) is 0 Å². The minimum atomic E-state index is -0.256. The SMILES string of the molecule is CCCCCCCCCCCCCCC(=O)C(=O)CC(CCC(=O)OC)CC(C)C. The average Bonchev–Trinajstić information content (AvgIpc) is 2.71. The smallest absolute Gasteiger partial charge is 0.305 e. The van der Waals surface area contributed by atoms with Gasteiger partial charge in [-0.1, -0.05) is 91.4 Å². The van der Waals surface area contributed by atoms with Gasteiger partial charge in [0.2, 0.25) is 0 Å². The van der Waals surface area contributed by atoms with Gasteiger partial charge in [0, 0.05) is 19.3 Å². The number of ether oxygens (including phenoxy) is 1. The molecule has 4 heteroatoms. The highest BCUT2D eigenvalue weighted by Gasteiger charge is 2.21. The van der Waals surface area contributed by atoms with Crippen LogP contribution >= 0.6 is 0 Å². The van der Waals surface area contributed by atoms with Crippen molar-refractivity contribution in [2.45, 2.75) is 130 Å². The summed E-state index contributed by atoms with van der Waals surface area (Å²) >= 11 is 0. The molecule has 0 fully saturated rings. The lowest BCUT2D eigenvalue weighted by Gasteiger charge is -2.17. The zero-order chi connectivity index (χ0) is 22.6. The summed E-state index contributed by atoms with van der Waals surface area (Å²) < 4.78 is 4.69. The largest absolute Gasteiger partial charge is 0.469 e. The third kappa shape index (κ3) is 17.7. The van der Waals surface area contributed by atoms with Gasteiger partial charge in [0.1, 0.15) is 0 Å². The maximum absolute atomic E-state index is 12.3. The van der Waals surface area contributed by atoms with Gasteiger partial charge in [-0.3, -0.25) is 14.4 Å². The van der Waals surface area contributed by atoms with Crippen molar-refractivity contribution in [2.24, 2.45) is 11.8 Å². The van der Waals surface area contributed by atoms with Crippen LogP contribution < -0.4 is 0 Å². The van der Waals surface area contributed by atoms with Crippen LogP contribution in [0.25, 0.3) is 0 Å². The Morgan fingerprint density at radius 3 is 1.67 bits per heavy atom. The number of methoxy groups -OCH3 is 1. The number of ketones is 2. The molecule has 0 heterocycles. The van der Waals surface area contributed by atoms with Gasteiger partial charge in [0.05, 0.1) is 7.11 Å². The highest BCUT2D eigenvalue weighted by atomic mass is 16.5. The Kier molecular flexibility index (Phi) is 19.0. The Labute approximate surface area is 185 Å². The first-order valence-corrected chi connectivity index (χ1v) is 12.5. The first-order chi connectivity index (χ1) is 14.4. The van der Waals surface area contributed by atoms with Crippen molar-refractivity contribution in [3.63, 3.8) is 0 Å². The monoisotopic (exact) mass is 424 g/mol. The van der Waals surface area contributed by atoms with E-state index in [0.717, 1.165) is 25.7 Å². The molecule has 0 aliphatic heterocycles. The molecule has 4 nitrogen and oxygen atoms in total. The van der Waals surface area contributed by atoms with Crippen LogP contribution in [-0.4, -0.2) is 24.6 Å². The molecular weight excluding hydrogens is 376 g/mol. The van der Waals surface area contributed by atoms with E-state index >= 15 is 0 Å². The van der Waals surface area contributed by atoms with Crippen LogP contribution in [0, 0.1) is 11.8 Å². The Balaban J connectivity index is 3.84. The quantitative estimate of drug-likeness (QED) is 0.111. The van der Waals surface area contributed by atoms with Gasteiger partial charge in [-0.2, -0.15) is 0 Å². The molecule has 1 atom stereocenters. The zero-order valence-corrected chi connectivity index (χ0v) is 20.3. The third-order valence-electron chi connectivity index (χ3n) is 5.83. The van der Waals surface area contributed by atoms with Crippen LogP contribution in [0.1, 0.15) is 130 Å². The molecule has 0 spiro atoms. The summed E-state index contributed by atoms with van der Waals surface area (Å²) in [6.45, 7) is 6.45. The highest BCUT2D eigenvalue weighted by molar-refractivity contribution is 6.37. The molecule has 0 saturated heterocycles. The Bertz CT molecular complexity index is 456. The second-order valence-electron chi connectivity index (χ2n) is 9.30. The summed E-state index contributed by atoms with van der Waals surface area (Å²) in [6.07, 6.45) is 17.5. The standard InChI is InChI=1S/C26H48O4/c1-5-6-7-8-9-10-11-12-13-14-15-16-17-24(27)25(28)21-23(20-22(2)3)18-19-26(29)30-4/h22-23H,5-21H2,1-4H3. The van der Waals surface area contributed by atoms with Crippen molar-refractivity contribution in [1.82, 2.24) is 0 Å². The topological polar surface area (TPSA) is 60.4 Å². The predicted octanol–water partition coefficient (Wildman–Crippen LogP) is 7.22. The lowest BCUT2D eigenvalue weighted by Crippen LogP contribution is -2.20. The maximum Gasteiger partial charge on any atom is 0.305 e. The normalized spacial score (nSPS) is 12.2. The van der Waals surface area contributed by atoms with Crippen molar-refractivity contribution in [3.05, 3.63) is 0 Å². The number of hydrogen-bond donors (Lipinski definition) is 0. The molecule has 176 valence electrons. The lowest BCUT2D eigenvalue weighted by molar-refractivity contribution is -0.141. The molecule has 30 heavy (non-hydrogen) atoms. The number of hydrogen-bond acceptors (Lipinski definition) is 4. The summed E-state index contributed by atoms with van der Waals surface area (Å²) in [5, 5.41) is 0. The van der Waals surface area contributed by atoms with Crippen LogP contribution in [0.3, 0.4) is 0 Å². The van der Waals surface area contributed by atoms with Crippen LogP contribution in [-0.2, 0) is 19.1 Å². The van der Waals surface area contributed by atoms with E-state index in [9.17, 15) is 14.4 Å². The van der Waals surface area contributed by atoms with Crippen molar-refractivity contribution >= 4 is 17.5 Å². The van der Waals surface area contributed by atoms with Gasteiger partial charge in [0.25, 0.3) is 0 Å². The van der Waals surface area contributed by atoms with Gasteiger partial charge < -0.3 is 4.74 Å². The Morgan fingerprint density at radius 1 is 0.700 bits per heavy atom. The predicted molar refractivity (Wildman–Crippen MR) is 125 cm³/mol. The first kappa shape index (κ1) is 28.8. The summed E-state index contributed by atoms with van der Waals surface area (Å²) in [7, 11) is 1.38. The minimum Gasteiger partial charge on any atom is -0.469 e. The minimum absolute atomic E-state index is 0.0857. The summed E-state index contributed by atoms with van der Waals surface area (Å²) in [4.78, 5) is 35.9. The summed E-state index contributed by atoms with van der Waals surface area (Å²) in [5.74, 6) is -0.212. The van der Waals surface area contributed by atoms with Crippen LogP contribution in [0.4, 0.5) is 0 Å². The van der Waals surface area contributed by atoms with Crippen molar-refractivity contribution in [2.75, 3.05) is 7.11 Å². The third-order valence-corrected chi connectivity index (χ3v) is 5.83. The van der Waals surface area contributed by atoms with Crippen LogP contribution in [0.5, 0.6) is 0 Å². The number of unbranched alkanes of at least 4 members (excludes halogenated alkanes) is 11. The van der Waals surface area contributed by atoms with E-state index in [2.05, 4.69) is 20.8 Å². The molecule has 0 aromatic heterocycles. The van der Waals surface area contributed by atoms with Gasteiger partial charge in [0.15, 0.2) is 11.6 Å². The molecule has 0 amide bonds. The van der Waals surface area contributed by atoms with Gasteiger partial charge in [-0.25, -0.2) is 0 Å². The fraction of sp³-hybridized carbons (Fsp3) is 0.885. The van der Waals surface area contributed by atoms with Crippen molar-refractivity contribution in [3.8, 4) is 0 Å². The van der Waals surface area contributed by atoms with E-state index in [-0.39, 0.29) is 29.9 Å². The Morgan fingerprint density at radius 2 is 1.20 bits per heavy atom. The number of carbonyl (C=O) groups is 3. The van der Waals surface area contributed by atoms with E-state index in [1.807, 2.05) is 0 Å². The molecular formula is C26H48O4. The number of esters is 1. The fourth-order valence-electron chi connectivity index (χ4n) is 4.04. The molecule has 0 aromatic rings. The van der Waals surface area contributed by atoms with Gasteiger partial charge in [-0.05, 0) is 31.1 Å². The van der Waals surface area contributed by atoms with Gasteiger partial charge in [-0.15, -0.1) is 0 Å². The maximum atomic E-state index is 12.3. The van der Waals surface area contributed by atoms with E-state index < -0.39 is 0 Å². The highest BCUT2D eigenvalue weighted by Crippen LogP contribution is 2.22. The molecule has 0 N–H and O–H groups in total. The van der Waals surface area contributed by atoms with Crippen LogP contribution in [0.2, 0.25) is 0 Å². The second-order valence-corrected chi connectivity index (χ2v) is 9.30. The lowest BCUT2D eigenvalue weighted by atomic mass is 9.87. The fourth-order valence-corrected chi connectivity index (χ4v) is 4.04. The molecule has 0 bridgehead atoms. The molecule has 1 unspecified atom stereocenters.